The zero-order valence-corrected chi connectivity index (χ0v) is 14.4. The molecule has 0 saturated heterocycles. The summed E-state index contributed by atoms with van der Waals surface area (Å²) in [5.41, 5.74) is 0.314. The number of esters is 1. The number of unbranched alkanes of at least 4 members (excludes halogenated alkanes) is 3. The molecule has 0 spiro atoms. The molecule has 21 heavy (non-hydrogen) atoms. The number of hydrogen-bond acceptors (Lipinski definition) is 3. The van der Waals surface area contributed by atoms with Crippen molar-refractivity contribution in [3.05, 3.63) is 0 Å². The zero-order valence-electron chi connectivity index (χ0n) is 14.4. The van der Waals surface area contributed by atoms with Gasteiger partial charge in [-0.15, -0.1) is 0 Å². The van der Waals surface area contributed by atoms with E-state index in [0.29, 0.717) is 19.6 Å². The Labute approximate surface area is 130 Å². The van der Waals surface area contributed by atoms with Crippen molar-refractivity contribution < 1.29 is 14.6 Å². The van der Waals surface area contributed by atoms with Crippen LogP contribution in [0.4, 0.5) is 0 Å². The average Bonchev–Trinajstić information content (AvgIpc) is 2.66. The second-order valence-electron chi connectivity index (χ2n) is 7.43. The number of aliphatic hydroxyl groups excluding tert-OH is 1. The molecule has 124 valence electrons. The molecule has 0 aromatic carbocycles. The minimum Gasteiger partial charge on any atom is -0.466 e. The molecule has 0 amide bonds. The van der Waals surface area contributed by atoms with Crippen LogP contribution in [0.25, 0.3) is 0 Å². The fourth-order valence-electron chi connectivity index (χ4n) is 3.70. The molecule has 0 bridgehead atoms. The Morgan fingerprint density at radius 1 is 1.19 bits per heavy atom. The van der Waals surface area contributed by atoms with E-state index in [1.165, 1.54) is 25.7 Å². The standard InChI is InChI=1S/C18H34O3/c1-5-21-16(20)11-9-7-6-8-10-15-12-13-18(4,14-19)17(15,2)3/h15,19H,5-14H2,1-4H3/t15-,18-/m0/s1. The Hall–Kier alpha value is -0.570. The molecule has 1 rings (SSSR count). The number of hydrogen-bond donors (Lipinski definition) is 1. The van der Waals surface area contributed by atoms with Crippen molar-refractivity contribution in [3.8, 4) is 0 Å². The monoisotopic (exact) mass is 298 g/mol. The van der Waals surface area contributed by atoms with Gasteiger partial charge in [-0.1, -0.05) is 40.0 Å². The fourth-order valence-corrected chi connectivity index (χ4v) is 3.70. The number of ether oxygens (including phenoxy) is 1. The van der Waals surface area contributed by atoms with E-state index in [1.807, 2.05) is 6.92 Å². The van der Waals surface area contributed by atoms with Gasteiger partial charge in [0.05, 0.1) is 6.61 Å². The van der Waals surface area contributed by atoms with Gasteiger partial charge in [-0.05, 0) is 49.4 Å². The van der Waals surface area contributed by atoms with Crippen LogP contribution in [0.1, 0.15) is 79.1 Å². The van der Waals surface area contributed by atoms with E-state index >= 15 is 0 Å². The van der Waals surface area contributed by atoms with Crippen LogP contribution in [-0.2, 0) is 9.53 Å². The second kappa shape index (κ2) is 8.17. The lowest BCUT2D eigenvalue weighted by Crippen LogP contribution is -2.37. The van der Waals surface area contributed by atoms with Gasteiger partial charge in [-0.2, -0.15) is 0 Å². The lowest BCUT2D eigenvalue weighted by atomic mass is 9.65. The first-order valence-electron chi connectivity index (χ1n) is 8.64. The molecule has 3 nitrogen and oxygen atoms in total. The summed E-state index contributed by atoms with van der Waals surface area (Å²) in [7, 11) is 0. The third-order valence-electron chi connectivity index (χ3n) is 5.96. The molecule has 0 radical (unpaired) electrons. The predicted octanol–water partition coefficient (Wildman–Crippen LogP) is 4.32. The topological polar surface area (TPSA) is 46.5 Å². The molecule has 3 heteroatoms. The Kier molecular flexibility index (Phi) is 7.19. The summed E-state index contributed by atoms with van der Waals surface area (Å²) >= 11 is 0. The van der Waals surface area contributed by atoms with Crippen molar-refractivity contribution >= 4 is 5.97 Å². The zero-order chi connectivity index (χ0) is 15.9. The van der Waals surface area contributed by atoms with Gasteiger partial charge in [0.15, 0.2) is 0 Å². The van der Waals surface area contributed by atoms with E-state index in [0.717, 1.165) is 25.2 Å². The maximum atomic E-state index is 11.2. The van der Waals surface area contributed by atoms with Crippen LogP contribution >= 0.6 is 0 Å². The van der Waals surface area contributed by atoms with Crippen LogP contribution in [0.2, 0.25) is 0 Å². The molecule has 0 aromatic heterocycles. The number of carbonyl (C=O) groups excluding carboxylic acids is 1. The lowest BCUT2D eigenvalue weighted by molar-refractivity contribution is -0.143. The molecule has 0 heterocycles. The highest BCUT2D eigenvalue weighted by Gasteiger charge is 2.50. The smallest absolute Gasteiger partial charge is 0.305 e. The SMILES string of the molecule is CCOC(=O)CCCCCC[C@H]1CC[C@@](C)(CO)C1(C)C. The van der Waals surface area contributed by atoms with Crippen molar-refractivity contribution in [2.24, 2.45) is 16.7 Å². The number of aliphatic hydroxyl groups is 1. The maximum absolute atomic E-state index is 11.2. The van der Waals surface area contributed by atoms with Crippen molar-refractivity contribution in [2.45, 2.75) is 79.1 Å². The molecule has 1 N–H and O–H groups in total. The Bertz CT molecular complexity index is 324. The number of carbonyl (C=O) groups is 1. The van der Waals surface area contributed by atoms with Crippen LogP contribution in [-0.4, -0.2) is 24.3 Å². The summed E-state index contributed by atoms with van der Waals surface area (Å²) in [5.74, 6) is 0.660. The van der Waals surface area contributed by atoms with Crippen LogP contribution in [0, 0.1) is 16.7 Å². The highest BCUT2D eigenvalue weighted by Crippen LogP contribution is 2.56. The first kappa shape index (κ1) is 18.5. The average molecular weight is 298 g/mol. The molecular weight excluding hydrogens is 264 g/mol. The van der Waals surface area contributed by atoms with Gasteiger partial charge in [-0.25, -0.2) is 0 Å². The largest absolute Gasteiger partial charge is 0.466 e. The molecule has 1 saturated carbocycles. The molecule has 0 aromatic rings. The van der Waals surface area contributed by atoms with E-state index in [1.54, 1.807) is 0 Å². The maximum Gasteiger partial charge on any atom is 0.305 e. The molecule has 0 unspecified atom stereocenters. The van der Waals surface area contributed by atoms with Crippen LogP contribution in [0.15, 0.2) is 0 Å². The molecule has 1 aliphatic carbocycles. The second-order valence-corrected chi connectivity index (χ2v) is 7.43. The predicted molar refractivity (Wildman–Crippen MR) is 86.0 cm³/mol. The van der Waals surface area contributed by atoms with E-state index < -0.39 is 0 Å². The van der Waals surface area contributed by atoms with Gasteiger partial charge in [0.25, 0.3) is 0 Å². The van der Waals surface area contributed by atoms with Gasteiger partial charge in [-0.3, -0.25) is 4.79 Å². The minimum atomic E-state index is -0.0619. The third kappa shape index (κ3) is 4.70. The first-order chi connectivity index (χ1) is 9.87. The summed E-state index contributed by atoms with van der Waals surface area (Å²) in [6.07, 6.45) is 8.69. The van der Waals surface area contributed by atoms with E-state index in [4.69, 9.17) is 4.74 Å². The molecular formula is C18H34O3. The summed E-state index contributed by atoms with van der Waals surface area (Å²) in [4.78, 5) is 11.2. The van der Waals surface area contributed by atoms with Crippen LogP contribution < -0.4 is 0 Å². The highest BCUT2D eigenvalue weighted by atomic mass is 16.5. The van der Waals surface area contributed by atoms with Gasteiger partial charge < -0.3 is 9.84 Å². The lowest BCUT2D eigenvalue weighted by Gasteiger charge is -2.40. The van der Waals surface area contributed by atoms with Crippen LogP contribution in [0.5, 0.6) is 0 Å². The first-order valence-corrected chi connectivity index (χ1v) is 8.64. The van der Waals surface area contributed by atoms with Crippen molar-refractivity contribution in [1.82, 2.24) is 0 Å². The van der Waals surface area contributed by atoms with E-state index in [-0.39, 0.29) is 16.8 Å². The Morgan fingerprint density at radius 3 is 2.43 bits per heavy atom. The van der Waals surface area contributed by atoms with E-state index in [9.17, 15) is 9.90 Å². The number of rotatable bonds is 9. The fraction of sp³-hybridized carbons (Fsp3) is 0.944. The highest BCUT2D eigenvalue weighted by molar-refractivity contribution is 5.69. The molecule has 1 aliphatic rings. The minimum absolute atomic E-state index is 0.0619. The van der Waals surface area contributed by atoms with Gasteiger partial charge >= 0.3 is 5.97 Å². The molecule has 0 aliphatic heterocycles. The normalized spacial score (nSPS) is 27.8. The molecule has 1 fully saturated rings. The van der Waals surface area contributed by atoms with Crippen molar-refractivity contribution in [1.29, 1.82) is 0 Å². The summed E-state index contributed by atoms with van der Waals surface area (Å²) < 4.78 is 4.93. The van der Waals surface area contributed by atoms with Crippen molar-refractivity contribution in [2.75, 3.05) is 13.2 Å². The quantitative estimate of drug-likeness (QED) is 0.509. The van der Waals surface area contributed by atoms with Gasteiger partial charge in [0.2, 0.25) is 0 Å². The van der Waals surface area contributed by atoms with Crippen LogP contribution in [0.3, 0.4) is 0 Å². The summed E-state index contributed by atoms with van der Waals surface area (Å²) in [6.45, 7) is 9.51. The summed E-state index contributed by atoms with van der Waals surface area (Å²) in [5, 5.41) is 9.67. The Balaban J connectivity index is 2.18. The molecule has 2 atom stereocenters. The van der Waals surface area contributed by atoms with Gasteiger partial charge in [0.1, 0.15) is 0 Å². The third-order valence-corrected chi connectivity index (χ3v) is 5.96. The van der Waals surface area contributed by atoms with E-state index in [2.05, 4.69) is 20.8 Å². The van der Waals surface area contributed by atoms with Crippen molar-refractivity contribution in [3.63, 3.8) is 0 Å². The summed E-state index contributed by atoms with van der Waals surface area (Å²) in [6, 6.07) is 0. The van der Waals surface area contributed by atoms with Gasteiger partial charge in [0, 0.05) is 13.0 Å². The Morgan fingerprint density at radius 2 is 1.86 bits per heavy atom.